The van der Waals surface area contributed by atoms with Crippen LogP contribution in [-0.4, -0.2) is 46.3 Å². The lowest BCUT2D eigenvalue weighted by atomic mass is 10.1. The summed E-state index contributed by atoms with van der Waals surface area (Å²) in [6.07, 6.45) is 4.20. The second-order valence-electron chi connectivity index (χ2n) is 6.52. The average Bonchev–Trinajstić information content (AvgIpc) is 3.12. The van der Waals surface area contributed by atoms with Crippen LogP contribution in [0.1, 0.15) is 25.5 Å². The molecule has 6 nitrogen and oxygen atoms in total. The summed E-state index contributed by atoms with van der Waals surface area (Å²) in [7, 11) is -3.07. The molecule has 1 aliphatic rings. The minimum atomic E-state index is -3.07. The van der Waals surface area contributed by atoms with Crippen LogP contribution in [0.15, 0.2) is 30.5 Å². The summed E-state index contributed by atoms with van der Waals surface area (Å²) < 4.78 is 27.8. The molecule has 0 radical (unpaired) electrons. The van der Waals surface area contributed by atoms with Crippen LogP contribution in [0.3, 0.4) is 0 Å². The second-order valence-corrected chi connectivity index (χ2v) is 8.61. The normalized spacial score (nSPS) is 17.6. The molecule has 2 aromatic heterocycles. The molecule has 1 aliphatic heterocycles. The van der Waals surface area contributed by atoms with Gasteiger partial charge >= 0.3 is 0 Å². The maximum Gasteiger partial charge on any atom is 0.214 e. The first-order chi connectivity index (χ1) is 12.1. The van der Waals surface area contributed by atoms with Gasteiger partial charge in [0.15, 0.2) is 0 Å². The van der Waals surface area contributed by atoms with Crippen LogP contribution in [-0.2, 0) is 23.0 Å². The Hall–Kier alpha value is -1.99. The summed E-state index contributed by atoms with van der Waals surface area (Å²) in [6, 6.07) is 8.06. The average molecular weight is 358 g/mol. The molecule has 0 amide bonds. The summed E-state index contributed by atoms with van der Waals surface area (Å²) >= 11 is 0. The van der Waals surface area contributed by atoms with Crippen LogP contribution in [0.5, 0.6) is 0 Å². The van der Waals surface area contributed by atoms with Crippen LogP contribution in [0.4, 0.5) is 0 Å². The monoisotopic (exact) mass is 358 g/mol. The van der Waals surface area contributed by atoms with E-state index in [1.54, 1.807) is 4.31 Å². The lowest BCUT2D eigenvalue weighted by Gasteiger charge is -2.15. The number of nitrogens with zero attached hydrogens (tertiary/aromatic N) is 4. The number of rotatable bonds is 5. The van der Waals surface area contributed by atoms with Gasteiger partial charge in [0.2, 0.25) is 10.0 Å². The fourth-order valence-corrected chi connectivity index (χ4v) is 5.18. The van der Waals surface area contributed by atoms with Crippen molar-refractivity contribution in [2.75, 3.05) is 18.8 Å². The van der Waals surface area contributed by atoms with E-state index in [0.29, 0.717) is 19.5 Å². The molecule has 0 atom stereocenters. The number of hydrogen-bond donors (Lipinski definition) is 0. The van der Waals surface area contributed by atoms with E-state index in [2.05, 4.69) is 18.0 Å². The van der Waals surface area contributed by atoms with Crippen molar-refractivity contribution in [3.8, 4) is 0 Å². The van der Waals surface area contributed by atoms with Crippen LogP contribution in [0, 0.1) is 0 Å². The first-order valence-corrected chi connectivity index (χ1v) is 10.4. The molecule has 7 heteroatoms. The summed E-state index contributed by atoms with van der Waals surface area (Å²) in [4.78, 5) is 4.50. The number of fused-ring (bicyclic) bond motifs is 3. The highest BCUT2D eigenvalue weighted by molar-refractivity contribution is 7.89. The highest BCUT2D eigenvalue weighted by Gasteiger charge is 2.28. The molecule has 4 rings (SSSR count). The van der Waals surface area contributed by atoms with Crippen LogP contribution >= 0.6 is 0 Å². The quantitative estimate of drug-likeness (QED) is 0.703. The number of aromatic nitrogens is 3. The minimum absolute atomic E-state index is 0.273. The number of pyridine rings is 1. The Kier molecular flexibility index (Phi) is 4.21. The van der Waals surface area contributed by atoms with Gasteiger partial charge in [0.1, 0.15) is 5.52 Å². The Morgan fingerprint density at radius 2 is 2.00 bits per heavy atom. The first kappa shape index (κ1) is 16.5. The molecule has 0 N–H and O–H groups in total. The zero-order valence-corrected chi connectivity index (χ0v) is 15.2. The zero-order chi connectivity index (χ0) is 17.4. The largest absolute Gasteiger partial charge is 0.268 e. The Balaban J connectivity index is 1.79. The third-order valence-corrected chi connectivity index (χ3v) is 6.78. The predicted octanol–water partition coefficient (Wildman–Crippen LogP) is 2.57. The van der Waals surface area contributed by atoms with Gasteiger partial charge in [-0.25, -0.2) is 12.7 Å². The SMILES string of the molecule is CCCn1nc2cnc3ccccc3c2c1CCN1CCCS1(=O)=O. The van der Waals surface area contributed by atoms with Crippen molar-refractivity contribution in [2.45, 2.75) is 32.7 Å². The molecule has 1 fully saturated rings. The van der Waals surface area contributed by atoms with E-state index in [1.165, 1.54) is 0 Å². The maximum absolute atomic E-state index is 12.1. The predicted molar refractivity (Wildman–Crippen MR) is 99.0 cm³/mol. The van der Waals surface area contributed by atoms with Gasteiger partial charge in [-0.15, -0.1) is 0 Å². The van der Waals surface area contributed by atoms with Crippen molar-refractivity contribution < 1.29 is 8.42 Å². The summed E-state index contributed by atoms with van der Waals surface area (Å²) in [5, 5.41) is 6.91. The van der Waals surface area contributed by atoms with Crippen molar-refractivity contribution in [1.82, 2.24) is 19.1 Å². The number of hydrogen-bond acceptors (Lipinski definition) is 4. The molecule has 1 saturated heterocycles. The Bertz CT molecular complexity index is 1030. The van der Waals surface area contributed by atoms with E-state index in [4.69, 9.17) is 5.10 Å². The van der Waals surface area contributed by atoms with Gasteiger partial charge in [-0.3, -0.25) is 9.67 Å². The number of benzene rings is 1. The fraction of sp³-hybridized carbons (Fsp3) is 0.444. The Morgan fingerprint density at radius 1 is 1.16 bits per heavy atom. The highest BCUT2D eigenvalue weighted by Crippen LogP contribution is 2.28. The number of aryl methyl sites for hydroxylation is 1. The molecule has 3 heterocycles. The first-order valence-electron chi connectivity index (χ1n) is 8.81. The highest BCUT2D eigenvalue weighted by atomic mass is 32.2. The van der Waals surface area contributed by atoms with Crippen molar-refractivity contribution >= 4 is 31.8 Å². The van der Waals surface area contributed by atoms with Crippen molar-refractivity contribution in [3.05, 3.63) is 36.2 Å². The van der Waals surface area contributed by atoms with Crippen molar-refractivity contribution in [1.29, 1.82) is 0 Å². The van der Waals surface area contributed by atoms with Crippen LogP contribution < -0.4 is 0 Å². The fourth-order valence-electron chi connectivity index (χ4n) is 3.65. The standard InChI is InChI=1S/C18H22N4O2S/c1-2-9-22-17(8-11-21-10-5-12-25(21,23)24)18-14-6-3-4-7-15(14)19-13-16(18)20-22/h3-4,6-7,13H,2,5,8-12H2,1H3. The third kappa shape index (κ3) is 2.91. The van der Waals surface area contributed by atoms with Gasteiger partial charge in [-0.2, -0.15) is 5.10 Å². The summed E-state index contributed by atoms with van der Waals surface area (Å²) in [6.45, 7) is 4.09. The van der Waals surface area contributed by atoms with E-state index < -0.39 is 10.0 Å². The van der Waals surface area contributed by atoms with E-state index >= 15 is 0 Å². The van der Waals surface area contributed by atoms with E-state index in [1.807, 2.05) is 29.1 Å². The van der Waals surface area contributed by atoms with Gasteiger partial charge < -0.3 is 0 Å². The van der Waals surface area contributed by atoms with E-state index in [-0.39, 0.29) is 5.75 Å². The maximum atomic E-state index is 12.1. The second kappa shape index (κ2) is 6.38. The molecule has 0 aliphatic carbocycles. The van der Waals surface area contributed by atoms with Gasteiger partial charge in [-0.1, -0.05) is 25.1 Å². The molecule has 132 valence electrons. The van der Waals surface area contributed by atoms with Crippen LogP contribution in [0.25, 0.3) is 21.8 Å². The molecular formula is C18H22N4O2S. The number of para-hydroxylation sites is 1. The van der Waals surface area contributed by atoms with Gasteiger partial charge in [0.05, 0.1) is 17.5 Å². The topological polar surface area (TPSA) is 68.1 Å². The van der Waals surface area contributed by atoms with Crippen molar-refractivity contribution in [3.63, 3.8) is 0 Å². The van der Waals surface area contributed by atoms with Gasteiger partial charge in [0, 0.05) is 42.5 Å². The molecule has 0 saturated carbocycles. The Labute approximate surface area is 147 Å². The van der Waals surface area contributed by atoms with E-state index in [9.17, 15) is 8.42 Å². The summed E-state index contributed by atoms with van der Waals surface area (Å²) in [5.74, 6) is 0.273. The molecular weight excluding hydrogens is 336 g/mol. The lowest BCUT2D eigenvalue weighted by Crippen LogP contribution is -2.28. The zero-order valence-electron chi connectivity index (χ0n) is 14.4. The molecule has 0 spiro atoms. The van der Waals surface area contributed by atoms with Gasteiger partial charge in [-0.05, 0) is 18.9 Å². The third-order valence-electron chi connectivity index (χ3n) is 4.82. The smallest absolute Gasteiger partial charge is 0.214 e. The van der Waals surface area contributed by atoms with E-state index in [0.717, 1.165) is 46.9 Å². The molecule has 25 heavy (non-hydrogen) atoms. The van der Waals surface area contributed by atoms with Gasteiger partial charge in [0.25, 0.3) is 0 Å². The van der Waals surface area contributed by atoms with Crippen LogP contribution in [0.2, 0.25) is 0 Å². The molecule has 3 aromatic rings. The number of sulfonamides is 1. The molecule has 0 bridgehead atoms. The summed E-state index contributed by atoms with van der Waals surface area (Å²) in [5.41, 5.74) is 2.94. The van der Waals surface area contributed by atoms with Crippen molar-refractivity contribution in [2.24, 2.45) is 0 Å². The lowest BCUT2D eigenvalue weighted by molar-refractivity contribution is 0.439. The molecule has 0 unspecified atom stereocenters. The minimum Gasteiger partial charge on any atom is -0.268 e. The Morgan fingerprint density at radius 3 is 2.76 bits per heavy atom. The molecule has 1 aromatic carbocycles.